The Morgan fingerprint density at radius 3 is 2.40 bits per heavy atom. The fourth-order valence-corrected chi connectivity index (χ4v) is 0.568. The highest BCUT2D eigenvalue weighted by atomic mass is 16.2. The summed E-state index contributed by atoms with van der Waals surface area (Å²) in [5, 5.41) is 0. The highest BCUT2D eigenvalue weighted by Gasteiger charge is 2.04. The fourth-order valence-electron chi connectivity index (χ4n) is 0.568. The third-order valence-electron chi connectivity index (χ3n) is 1.01. The molecule has 0 aromatic rings. The zero-order valence-electron chi connectivity index (χ0n) is 6.26. The lowest BCUT2D eigenvalue weighted by Gasteiger charge is -2.11. The Morgan fingerprint density at radius 2 is 2.10 bits per heavy atom. The van der Waals surface area contributed by atoms with E-state index < -0.39 is 0 Å². The second-order valence-corrected chi connectivity index (χ2v) is 2.10. The van der Waals surface area contributed by atoms with Crippen LogP contribution < -0.4 is 0 Å². The molecule has 3 heteroatoms. The highest BCUT2D eigenvalue weighted by molar-refractivity contribution is 5.90. The number of carbonyl (C=O) groups is 2. The van der Waals surface area contributed by atoms with Gasteiger partial charge in [-0.3, -0.25) is 9.59 Å². The van der Waals surface area contributed by atoms with Gasteiger partial charge in [0.25, 0.3) is 0 Å². The number of amides is 1. The summed E-state index contributed by atoms with van der Waals surface area (Å²) in [7, 11) is 1.56. The summed E-state index contributed by atoms with van der Waals surface area (Å²) in [6.07, 6.45) is 1.18. The van der Waals surface area contributed by atoms with Crippen molar-refractivity contribution in [3.8, 4) is 0 Å². The Morgan fingerprint density at radius 1 is 1.60 bits per heavy atom. The van der Waals surface area contributed by atoms with Crippen LogP contribution in [0.2, 0.25) is 0 Å². The van der Waals surface area contributed by atoms with E-state index in [9.17, 15) is 9.59 Å². The van der Waals surface area contributed by atoms with Crippen LogP contribution in [-0.4, -0.2) is 30.2 Å². The first-order valence-corrected chi connectivity index (χ1v) is 2.95. The molecule has 0 bridgehead atoms. The van der Waals surface area contributed by atoms with E-state index in [1.54, 1.807) is 7.05 Å². The third-order valence-corrected chi connectivity index (χ3v) is 1.01. The number of nitrogens with zero attached hydrogens (tertiary/aromatic N) is 1. The van der Waals surface area contributed by atoms with Crippen LogP contribution in [0.25, 0.3) is 0 Å². The number of ketones is 1. The van der Waals surface area contributed by atoms with E-state index in [1.807, 2.05) is 0 Å². The van der Waals surface area contributed by atoms with Crippen LogP contribution in [0.3, 0.4) is 0 Å². The van der Waals surface area contributed by atoms with Gasteiger partial charge in [0, 0.05) is 7.05 Å². The summed E-state index contributed by atoms with van der Waals surface area (Å²) in [5.41, 5.74) is 0. The summed E-state index contributed by atoms with van der Waals surface area (Å²) in [6.45, 7) is 4.88. The molecule has 0 saturated carbocycles. The highest BCUT2D eigenvalue weighted by Crippen LogP contribution is 1.84. The van der Waals surface area contributed by atoms with Crippen LogP contribution >= 0.6 is 0 Å². The molecule has 0 fully saturated rings. The van der Waals surface area contributed by atoms with Crippen molar-refractivity contribution in [3.63, 3.8) is 0 Å². The van der Waals surface area contributed by atoms with Crippen LogP contribution in [-0.2, 0) is 9.59 Å². The lowest BCUT2D eigenvalue weighted by Crippen LogP contribution is -2.29. The number of hydrogen-bond donors (Lipinski definition) is 0. The maximum Gasteiger partial charge on any atom is 0.246 e. The first-order valence-electron chi connectivity index (χ1n) is 2.95. The van der Waals surface area contributed by atoms with Crippen molar-refractivity contribution in [2.24, 2.45) is 0 Å². The van der Waals surface area contributed by atoms with Gasteiger partial charge in [0.15, 0.2) is 0 Å². The molecule has 0 aromatic carbocycles. The predicted molar refractivity (Wildman–Crippen MR) is 38.5 cm³/mol. The molecule has 10 heavy (non-hydrogen) atoms. The Hall–Kier alpha value is -1.12. The number of Topliss-reactive ketones (excluding diaryl/α,β-unsaturated/α-hetero) is 1. The van der Waals surface area contributed by atoms with E-state index in [0.717, 1.165) is 0 Å². The molecule has 0 radical (unpaired) electrons. The van der Waals surface area contributed by atoms with Gasteiger partial charge in [0.2, 0.25) is 5.91 Å². The quantitative estimate of drug-likeness (QED) is 0.527. The van der Waals surface area contributed by atoms with Gasteiger partial charge < -0.3 is 4.90 Å². The molecular formula is C7H11NO2. The van der Waals surface area contributed by atoms with Crippen molar-refractivity contribution in [2.75, 3.05) is 13.6 Å². The summed E-state index contributed by atoms with van der Waals surface area (Å²) in [4.78, 5) is 22.5. The fraction of sp³-hybridized carbons (Fsp3) is 0.429. The van der Waals surface area contributed by atoms with Crippen molar-refractivity contribution >= 4 is 11.7 Å². The van der Waals surface area contributed by atoms with E-state index in [4.69, 9.17) is 0 Å². The molecule has 0 atom stereocenters. The molecule has 0 aromatic heterocycles. The van der Waals surface area contributed by atoms with Gasteiger partial charge in [0.1, 0.15) is 5.78 Å². The topological polar surface area (TPSA) is 37.4 Å². The molecule has 0 aliphatic rings. The molecule has 1 amide bonds. The summed E-state index contributed by atoms with van der Waals surface area (Å²) < 4.78 is 0. The molecule has 0 unspecified atom stereocenters. The monoisotopic (exact) mass is 141 g/mol. The Balaban J connectivity index is 3.84. The molecule has 0 saturated heterocycles. The van der Waals surface area contributed by atoms with Crippen LogP contribution in [0.5, 0.6) is 0 Å². The average molecular weight is 141 g/mol. The Kier molecular flexibility index (Phi) is 3.39. The second-order valence-electron chi connectivity index (χ2n) is 2.10. The lowest BCUT2D eigenvalue weighted by atomic mass is 10.4. The largest absolute Gasteiger partial charge is 0.335 e. The lowest BCUT2D eigenvalue weighted by molar-refractivity contribution is -0.129. The van der Waals surface area contributed by atoms with Gasteiger partial charge in [-0.1, -0.05) is 6.58 Å². The minimum atomic E-state index is -0.227. The van der Waals surface area contributed by atoms with E-state index in [-0.39, 0.29) is 18.2 Å². The maximum absolute atomic E-state index is 10.7. The van der Waals surface area contributed by atoms with Crippen molar-refractivity contribution in [1.29, 1.82) is 0 Å². The number of likely N-dealkylation sites (N-methyl/N-ethyl adjacent to an activating group) is 1. The number of carbonyl (C=O) groups excluding carboxylic acids is 2. The van der Waals surface area contributed by atoms with Crippen LogP contribution in [0.15, 0.2) is 12.7 Å². The van der Waals surface area contributed by atoms with Crippen LogP contribution in [0.1, 0.15) is 6.92 Å². The average Bonchev–Trinajstić information content (AvgIpc) is 1.85. The summed E-state index contributed by atoms with van der Waals surface area (Å²) >= 11 is 0. The van der Waals surface area contributed by atoms with Gasteiger partial charge in [-0.2, -0.15) is 0 Å². The van der Waals surface area contributed by atoms with Gasteiger partial charge in [0.05, 0.1) is 6.54 Å². The molecule has 0 aliphatic carbocycles. The van der Waals surface area contributed by atoms with E-state index in [2.05, 4.69) is 6.58 Å². The molecule has 0 aliphatic heterocycles. The van der Waals surface area contributed by atoms with Crippen molar-refractivity contribution < 1.29 is 9.59 Å². The standard InChI is InChI=1S/C7H11NO2/c1-4-7(10)8(3)5-6(2)9/h4H,1,5H2,2-3H3. The van der Waals surface area contributed by atoms with Crippen molar-refractivity contribution in [3.05, 3.63) is 12.7 Å². The first-order chi connectivity index (χ1) is 4.57. The van der Waals surface area contributed by atoms with E-state index in [0.29, 0.717) is 0 Å². The summed E-state index contributed by atoms with van der Waals surface area (Å²) in [6, 6.07) is 0. The zero-order valence-corrected chi connectivity index (χ0v) is 6.26. The SMILES string of the molecule is C=CC(=O)N(C)CC(C)=O. The Bertz CT molecular complexity index is 163. The zero-order chi connectivity index (χ0) is 8.15. The molecule has 3 nitrogen and oxygen atoms in total. The normalized spacial score (nSPS) is 8.60. The maximum atomic E-state index is 10.7. The van der Waals surface area contributed by atoms with Gasteiger partial charge in [-0.25, -0.2) is 0 Å². The van der Waals surface area contributed by atoms with Crippen LogP contribution in [0, 0.1) is 0 Å². The Labute approximate surface area is 60.3 Å². The van der Waals surface area contributed by atoms with Crippen molar-refractivity contribution in [1.82, 2.24) is 4.90 Å². The molecule has 0 heterocycles. The molecule has 0 N–H and O–H groups in total. The number of hydrogen-bond acceptors (Lipinski definition) is 2. The smallest absolute Gasteiger partial charge is 0.246 e. The molecule has 56 valence electrons. The third kappa shape index (κ3) is 3.02. The predicted octanol–water partition coefficient (Wildman–Crippen LogP) is 0.220. The van der Waals surface area contributed by atoms with E-state index >= 15 is 0 Å². The summed E-state index contributed by atoms with van der Waals surface area (Å²) in [5.74, 6) is -0.257. The molecule has 0 spiro atoms. The minimum absolute atomic E-state index is 0.0299. The van der Waals surface area contributed by atoms with E-state index in [1.165, 1.54) is 17.9 Å². The minimum Gasteiger partial charge on any atom is -0.335 e. The van der Waals surface area contributed by atoms with Gasteiger partial charge in [-0.15, -0.1) is 0 Å². The first kappa shape index (κ1) is 8.88. The van der Waals surface area contributed by atoms with Crippen molar-refractivity contribution in [2.45, 2.75) is 6.92 Å². The second kappa shape index (κ2) is 3.82. The van der Waals surface area contributed by atoms with Gasteiger partial charge >= 0.3 is 0 Å². The van der Waals surface area contributed by atoms with Crippen LogP contribution in [0.4, 0.5) is 0 Å². The molecule has 0 rings (SSSR count). The number of rotatable bonds is 3. The molecular weight excluding hydrogens is 130 g/mol. The van der Waals surface area contributed by atoms with Gasteiger partial charge in [-0.05, 0) is 13.0 Å².